The van der Waals surface area contributed by atoms with Crippen molar-refractivity contribution < 1.29 is 4.79 Å². The normalized spacial score (nSPS) is 20.4. The lowest BCUT2D eigenvalue weighted by molar-refractivity contribution is 0.0702. The van der Waals surface area contributed by atoms with E-state index in [1.165, 1.54) is 0 Å². The SMILES string of the molecule is O=C(c1ccnc(-c2cnn3ccc(-c4ccccc4)nc23)c1)N1CCC2CCNCC21. The van der Waals surface area contributed by atoms with Crippen LogP contribution in [0.3, 0.4) is 0 Å². The molecule has 2 atom stereocenters. The summed E-state index contributed by atoms with van der Waals surface area (Å²) in [6, 6.07) is 16.0. The average Bonchev–Trinajstić information content (AvgIpc) is 3.48. The molecule has 4 aromatic rings. The molecule has 2 unspecified atom stereocenters. The van der Waals surface area contributed by atoms with Crippen LogP contribution in [-0.4, -0.2) is 56.1 Å². The van der Waals surface area contributed by atoms with Crippen LogP contribution in [0.2, 0.25) is 0 Å². The molecule has 7 nitrogen and oxygen atoms in total. The highest BCUT2D eigenvalue weighted by Gasteiger charge is 2.38. The van der Waals surface area contributed by atoms with Gasteiger partial charge in [-0.2, -0.15) is 5.10 Å². The zero-order valence-electron chi connectivity index (χ0n) is 17.7. The van der Waals surface area contributed by atoms with Gasteiger partial charge in [0.05, 0.1) is 23.1 Å². The van der Waals surface area contributed by atoms with E-state index < -0.39 is 0 Å². The summed E-state index contributed by atoms with van der Waals surface area (Å²) in [5, 5.41) is 7.89. The Morgan fingerprint density at radius 1 is 1.06 bits per heavy atom. The Morgan fingerprint density at radius 3 is 2.88 bits per heavy atom. The molecule has 32 heavy (non-hydrogen) atoms. The number of rotatable bonds is 3. The van der Waals surface area contributed by atoms with E-state index in [-0.39, 0.29) is 5.91 Å². The van der Waals surface area contributed by atoms with Gasteiger partial charge in [-0.3, -0.25) is 9.78 Å². The Balaban J connectivity index is 1.35. The molecule has 0 bridgehead atoms. The van der Waals surface area contributed by atoms with Crippen molar-refractivity contribution in [1.29, 1.82) is 0 Å². The Kier molecular flexibility index (Phi) is 4.69. The second kappa shape index (κ2) is 7.84. The molecule has 0 spiro atoms. The van der Waals surface area contributed by atoms with Gasteiger partial charge in [0.2, 0.25) is 0 Å². The van der Waals surface area contributed by atoms with Crippen molar-refractivity contribution in [3.05, 3.63) is 72.7 Å². The maximum atomic E-state index is 13.4. The van der Waals surface area contributed by atoms with Crippen LogP contribution < -0.4 is 5.32 Å². The molecule has 0 radical (unpaired) electrons. The first-order valence-electron chi connectivity index (χ1n) is 11.2. The molecule has 0 saturated carbocycles. The van der Waals surface area contributed by atoms with Gasteiger partial charge >= 0.3 is 0 Å². The summed E-state index contributed by atoms with van der Waals surface area (Å²) in [6.07, 6.45) is 7.62. The van der Waals surface area contributed by atoms with Gasteiger partial charge in [-0.25, -0.2) is 9.50 Å². The van der Waals surface area contributed by atoms with Crippen molar-refractivity contribution >= 4 is 11.6 Å². The van der Waals surface area contributed by atoms with Crippen LogP contribution in [-0.2, 0) is 0 Å². The zero-order valence-corrected chi connectivity index (χ0v) is 17.7. The second-order valence-corrected chi connectivity index (χ2v) is 8.54. The quantitative estimate of drug-likeness (QED) is 0.546. The van der Waals surface area contributed by atoms with E-state index in [9.17, 15) is 4.79 Å². The number of hydrogen-bond donors (Lipinski definition) is 1. The van der Waals surface area contributed by atoms with Crippen molar-refractivity contribution in [1.82, 2.24) is 29.8 Å². The molecule has 7 heteroatoms. The zero-order chi connectivity index (χ0) is 21.5. The molecular weight excluding hydrogens is 400 g/mol. The van der Waals surface area contributed by atoms with Crippen molar-refractivity contribution in [3.63, 3.8) is 0 Å². The fraction of sp³-hybridized carbons (Fsp3) is 0.280. The Bertz CT molecular complexity index is 1280. The standard InChI is InChI=1S/C25H24N6O/c32-25(30-12-8-18-6-10-26-16-23(18)30)19-7-11-27-22(14-19)20-15-28-31-13-9-21(29-24(20)31)17-4-2-1-3-5-17/h1-5,7,9,11,13-15,18,23,26H,6,8,10,12,16H2. The number of carbonyl (C=O) groups is 1. The summed E-state index contributed by atoms with van der Waals surface area (Å²) in [4.78, 5) is 24.8. The van der Waals surface area contributed by atoms with Crippen molar-refractivity contribution in [2.24, 2.45) is 5.92 Å². The number of carbonyl (C=O) groups excluding carboxylic acids is 1. The minimum atomic E-state index is 0.0826. The van der Waals surface area contributed by atoms with Crippen molar-refractivity contribution in [2.45, 2.75) is 18.9 Å². The third-order valence-electron chi connectivity index (χ3n) is 6.71. The van der Waals surface area contributed by atoms with Crippen molar-refractivity contribution in [3.8, 4) is 22.5 Å². The molecule has 2 aliphatic heterocycles. The predicted octanol–water partition coefficient (Wildman–Crippen LogP) is 3.28. The molecule has 160 valence electrons. The highest BCUT2D eigenvalue weighted by molar-refractivity contribution is 5.96. The van der Waals surface area contributed by atoms with E-state index in [1.54, 1.807) is 16.9 Å². The van der Waals surface area contributed by atoms with Crippen LogP contribution >= 0.6 is 0 Å². The van der Waals surface area contributed by atoms with Gasteiger partial charge in [0, 0.05) is 42.7 Å². The van der Waals surface area contributed by atoms with E-state index in [0.29, 0.717) is 23.2 Å². The van der Waals surface area contributed by atoms with Gasteiger partial charge in [-0.05, 0) is 43.5 Å². The lowest BCUT2D eigenvalue weighted by Crippen LogP contribution is -2.48. The van der Waals surface area contributed by atoms with Crippen LogP contribution in [0.4, 0.5) is 0 Å². The van der Waals surface area contributed by atoms with Crippen LogP contribution in [0, 0.1) is 5.92 Å². The number of benzene rings is 1. The first kappa shape index (κ1) is 19.1. The number of fused-ring (bicyclic) bond motifs is 2. The number of pyridine rings is 1. The van der Waals surface area contributed by atoms with Gasteiger partial charge in [0.15, 0.2) is 5.65 Å². The van der Waals surface area contributed by atoms with Gasteiger partial charge in [0.25, 0.3) is 5.91 Å². The number of nitrogens with one attached hydrogen (secondary N) is 1. The van der Waals surface area contributed by atoms with Gasteiger partial charge in [0.1, 0.15) is 0 Å². The minimum Gasteiger partial charge on any atom is -0.334 e. The maximum absolute atomic E-state index is 13.4. The highest BCUT2D eigenvalue weighted by Crippen LogP contribution is 2.31. The molecule has 5 heterocycles. The topological polar surface area (TPSA) is 75.4 Å². The van der Waals surface area contributed by atoms with E-state index in [4.69, 9.17) is 4.98 Å². The lowest BCUT2D eigenvalue weighted by Gasteiger charge is -2.32. The summed E-state index contributed by atoms with van der Waals surface area (Å²) in [5.74, 6) is 0.695. The summed E-state index contributed by atoms with van der Waals surface area (Å²) < 4.78 is 1.75. The number of piperidine rings is 1. The summed E-state index contributed by atoms with van der Waals surface area (Å²) in [5.41, 5.74) is 4.84. The first-order valence-corrected chi connectivity index (χ1v) is 11.2. The van der Waals surface area contributed by atoms with Gasteiger partial charge < -0.3 is 10.2 Å². The van der Waals surface area contributed by atoms with Gasteiger partial charge in [-0.1, -0.05) is 30.3 Å². The number of nitrogens with zero attached hydrogens (tertiary/aromatic N) is 5. The molecule has 2 aliphatic rings. The fourth-order valence-corrected chi connectivity index (χ4v) is 5.02. The number of hydrogen-bond acceptors (Lipinski definition) is 5. The molecule has 1 amide bonds. The first-order chi connectivity index (χ1) is 15.8. The molecule has 1 N–H and O–H groups in total. The number of likely N-dealkylation sites (tertiary alicyclic amines) is 1. The molecule has 0 aliphatic carbocycles. The highest BCUT2D eigenvalue weighted by atomic mass is 16.2. The summed E-state index contributed by atoms with van der Waals surface area (Å²) in [7, 11) is 0. The average molecular weight is 425 g/mol. The van der Waals surface area contributed by atoms with Gasteiger partial charge in [-0.15, -0.1) is 0 Å². The Hall–Kier alpha value is -3.58. The Labute approximate surface area is 186 Å². The van der Waals surface area contributed by atoms with Crippen LogP contribution in [0.5, 0.6) is 0 Å². The smallest absolute Gasteiger partial charge is 0.254 e. The van der Waals surface area contributed by atoms with E-state index in [2.05, 4.69) is 15.4 Å². The molecule has 1 aromatic carbocycles. The summed E-state index contributed by atoms with van der Waals surface area (Å²) in [6.45, 7) is 2.76. The van der Waals surface area contributed by atoms with E-state index >= 15 is 0 Å². The van der Waals surface area contributed by atoms with Crippen molar-refractivity contribution in [2.75, 3.05) is 19.6 Å². The molecule has 3 aromatic heterocycles. The summed E-state index contributed by atoms with van der Waals surface area (Å²) >= 11 is 0. The molecule has 2 fully saturated rings. The number of amides is 1. The largest absolute Gasteiger partial charge is 0.334 e. The third kappa shape index (κ3) is 3.26. The molecule has 2 saturated heterocycles. The predicted molar refractivity (Wildman–Crippen MR) is 122 cm³/mol. The van der Waals surface area contributed by atoms with E-state index in [1.807, 2.05) is 59.6 Å². The number of aromatic nitrogens is 4. The molecule has 6 rings (SSSR count). The lowest BCUT2D eigenvalue weighted by atomic mass is 9.93. The maximum Gasteiger partial charge on any atom is 0.254 e. The monoisotopic (exact) mass is 424 g/mol. The van der Waals surface area contributed by atoms with E-state index in [0.717, 1.165) is 54.9 Å². The molecular formula is C25H24N6O. The van der Waals surface area contributed by atoms with Crippen LogP contribution in [0.15, 0.2) is 67.1 Å². The Morgan fingerprint density at radius 2 is 1.97 bits per heavy atom. The fourth-order valence-electron chi connectivity index (χ4n) is 5.02. The second-order valence-electron chi connectivity index (χ2n) is 8.54. The van der Waals surface area contributed by atoms with Crippen LogP contribution in [0.1, 0.15) is 23.2 Å². The third-order valence-corrected chi connectivity index (χ3v) is 6.71. The van der Waals surface area contributed by atoms with Crippen LogP contribution in [0.25, 0.3) is 28.2 Å². The minimum absolute atomic E-state index is 0.0826.